The predicted octanol–water partition coefficient (Wildman–Crippen LogP) is 2.34. The Kier molecular flexibility index (Phi) is 3.62. The number of thioether (sulfide) groups is 1. The molecule has 2 heterocycles. The fourth-order valence-corrected chi connectivity index (χ4v) is 2.95. The molecule has 21 heavy (non-hydrogen) atoms. The molecular weight excluding hydrogens is 292 g/mol. The summed E-state index contributed by atoms with van der Waals surface area (Å²) in [4.78, 5) is 23.9. The smallest absolute Gasteiger partial charge is 0.340 e. The first-order valence-electron chi connectivity index (χ1n) is 6.58. The molecule has 0 bridgehead atoms. The molecule has 0 unspecified atom stereocenters. The summed E-state index contributed by atoms with van der Waals surface area (Å²) in [6.07, 6.45) is 2.22. The number of rotatable bonds is 5. The van der Waals surface area contributed by atoms with Gasteiger partial charge in [-0.15, -0.1) is 0 Å². The molecule has 2 aromatic rings. The minimum Gasteiger partial charge on any atom is -0.478 e. The third kappa shape index (κ3) is 3.05. The molecule has 1 N–H and O–H groups in total. The largest absolute Gasteiger partial charge is 0.478 e. The van der Waals surface area contributed by atoms with Crippen molar-refractivity contribution >= 4 is 17.7 Å². The predicted molar refractivity (Wildman–Crippen MR) is 74.3 cm³/mol. The quantitative estimate of drug-likeness (QED) is 0.663. The zero-order chi connectivity index (χ0) is 15.0. The third-order valence-electron chi connectivity index (χ3n) is 3.14. The number of hydrogen-bond donors (Lipinski definition) is 1. The maximum Gasteiger partial charge on any atom is 0.340 e. The number of carboxylic acids is 1. The van der Waals surface area contributed by atoms with Gasteiger partial charge in [0.2, 0.25) is 5.89 Å². The van der Waals surface area contributed by atoms with Gasteiger partial charge in [-0.25, -0.2) is 14.8 Å². The average molecular weight is 306 g/mol. The van der Waals surface area contributed by atoms with Crippen LogP contribution in [0.25, 0.3) is 0 Å². The highest BCUT2D eigenvalue weighted by Crippen LogP contribution is 2.38. The molecule has 1 aliphatic carbocycles. The van der Waals surface area contributed by atoms with Crippen LogP contribution in [0.3, 0.4) is 0 Å². The fourth-order valence-electron chi connectivity index (χ4n) is 2.00. The van der Waals surface area contributed by atoms with Gasteiger partial charge in [0.05, 0.1) is 11.4 Å². The SMILES string of the molecule is Cc1nc(C)c(C(=O)O)c(SCc2nc(C3CC3)no2)n1. The minimum atomic E-state index is -1.03. The van der Waals surface area contributed by atoms with E-state index in [0.717, 1.165) is 18.7 Å². The van der Waals surface area contributed by atoms with Crippen LogP contribution in [-0.2, 0) is 5.75 Å². The molecule has 2 aromatic heterocycles. The van der Waals surface area contributed by atoms with Crippen molar-refractivity contribution in [1.29, 1.82) is 0 Å². The molecule has 1 fully saturated rings. The molecule has 110 valence electrons. The Labute approximate surface area is 125 Å². The van der Waals surface area contributed by atoms with Gasteiger partial charge in [-0.05, 0) is 26.7 Å². The summed E-state index contributed by atoms with van der Waals surface area (Å²) in [5, 5.41) is 13.6. The lowest BCUT2D eigenvalue weighted by atomic mass is 10.2. The maximum absolute atomic E-state index is 11.3. The number of aromatic nitrogens is 4. The van der Waals surface area contributed by atoms with Crippen LogP contribution in [0.1, 0.15) is 52.4 Å². The van der Waals surface area contributed by atoms with Crippen LogP contribution >= 0.6 is 11.8 Å². The molecule has 0 amide bonds. The molecule has 0 saturated heterocycles. The van der Waals surface area contributed by atoms with E-state index in [1.807, 2.05) is 0 Å². The lowest BCUT2D eigenvalue weighted by molar-refractivity contribution is 0.0690. The molecule has 1 saturated carbocycles. The lowest BCUT2D eigenvalue weighted by Gasteiger charge is -2.07. The monoisotopic (exact) mass is 306 g/mol. The Hall–Kier alpha value is -1.96. The van der Waals surface area contributed by atoms with E-state index in [4.69, 9.17) is 4.52 Å². The Morgan fingerprint density at radius 1 is 1.33 bits per heavy atom. The number of aromatic carboxylic acids is 1. The number of carbonyl (C=O) groups is 1. The van der Waals surface area contributed by atoms with Gasteiger partial charge < -0.3 is 9.63 Å². The zero-order valence-corrected chi connectivity index (χ0v) is 12.5. The minimum absolute atomic E-state index is 0.132. The zero-order valence-electron chi connectivity index (χ0n) is 11.7. The second-order valence-electron chi connectivity index (χ2n) is 4.95. The van der Waals surface area contributed by atoms with Crippen molar-refractivity contribution in [2.75, 3.05) is 0 Å². The molecule has 0 radical (unpaired) electrons. The van der Waals surface area contributed by atoms with Crippen LogP contribution in [0.5, 0.6) is 0 Å². The average Bonchev–Trinajstić information content (AvgIpc) is 3.14. The van der Waals surface area contributed by atoms with Crippen LogP contribution in [0, 0.1) is 13.8 Å². The van der Waals surface area contributed by atoms with E-state index in [0.29, 0.717) is 34.1 Å². The van der Waals surface area contributed by atoms with Gasteiger partial charge in [-0.2, -0.15) is 4.98 Å². The van der Waals surface area contributed by atoms with Gasteiger partial charge in [0.25, 0.3) is 0 Å². The lowest BCUT2D eigenvalue weighted by Crippen LogP contribution is -2.08. The topological polar surface area (TPSA) is 102 Å². The molecule has 0 atom stereocenters. The van der Waals surface area contributed by atoms with E-state index < -0.39 is 5.97 Å². The van der Waals surface area contributed by atoms with Crippen molar-refractivity contribution in [3.8, 4) is 0 Å². The van der Waals surface area contributed by atoms with Crippen LogP contribution < -0.4 is 0 Å². The normalized spacial score (nSPS) is 14.4. The first-order valence-corrected chi connectivity index (χ1v) is 7.57. The van der Waals surface area contributed by atoms with E-state index in [-0.39, 0.29) is 5.56 Å². The van der Waals surface area contributed by atoms with Crippen molar-refractivity contribution in [3.05, 3.63) is 28.8 Å². The molecule has 8 heteroatoms. The number of carboxylic acid groups (broad SMARTS) is 1. The van der Waals surface area contributed by atoms with Gasteiger partial charge in [0, 0.05) is 5.92 Å². The van der Waals surface area contributed by atoms with E-state index in [1.165, 1.54) is 11.8 Å². The highest BCUT2D eigenvalue weighted by Gasteiger charge is 2.28. The molecule has 0 spiro atoms. The van der Waals surface area contributed by atoms with E-state index in [9.17, 15) is 9.90 Å². The molecule has 0 aromatic carbocycles. The summed E-state index contributed by atoms with van der Waals surface area (Å²) in [7, 11) is 0. The highest BCUT2D eigenvalue weighted by molar-refractivity contribution is 7.98. The second kappa shape index (κ2) is 5.44. The second-order valence-corrected chi connectivity index (χ2v) is 5.91. The first kappa shape index (κ1) is 14.0. The number of hydrogen-bond acceptors (Lipinski definition) is 7. The highest BCUT2D eigenvalue weighted by atomic mass is 32.2. The van der Waals surface area contributed by atoms with Crippen molar-refractivity contribution < 1.29 is 14.4 Å². The third-order valence-corrected chi connectivity index (χ3v) is 4.10. The van der Waals surface area contributed by atoms with Crippen molar-refractivity contribution in [3.63, 3.8) is 0 Å². The summed E-state index contributed by atoms with van der Waals surface area (Å²) in [5.74, 6) is 1.59. The summed E-state index contributed by atoms with van der Waals surface area (Å²) >= 11 is 1.27. The summed E-state index contributed by atoms with van der Waals surface area (Å²) in [6, 6.07) is 0. The summed E-state index contributed by atoms with van der Waals surface area (Å²) in [6.45, 7) is 3.40. The van der Waals surface area contributed by atoms with Gasteiger partial charge in [0.15, 0.2) is 5.82 Å². The van der Waals surface area contributed by atoms with Crippen molar-refractivity contribution in [2.24, 2.45) is 0 Å². The molecule has 3 rings (SSSR count). The van der Waals surface area contributed by atoms with Crippen LogP contribution in [-0.4, -0.2) is 31.2 Å². The maximum atomic E-state index is 11.3. The van der Waals surface area contributed by atoms with Gasteiger partial charge in [-0.1, -0.05) is 16.9 Å². The van der Waals surface area contributed by atoms with Crippen LogP contribution in [0.15, 0.2) is 9.55 Å². The molecular formula is C13H14N4O3S. The molecule has 7 nitrogen and oxygen atoms in total. The first-order chi connectivity index (χ1) is 10.0. The molecule has 1 aliphatic rings. The van der Waals surface area contributed by atoms with E-state index in [2.05, 4.69) is 20.1 Å². The number of aryl methyl sites for hydroxylation is 2. The van der Waals surface area contributed by atoms with Crippen LogP contribution in [0.2, 0.25) is 0 Å². The summed E-state index contributed by atoms with van der Waals surface area (Å²) in [5.41, 5.74) is 0.592. The standard InChI is InChI=1S/C13H14N4O3S/c1-6-10(13(18)19)12(15-7(2)14-6)21-5-9-16-11(17-20-9)8-3-4-8/h8H,3-5H2,1-2H3,(H,18,19). The van der Waals surface area contributed by atoms with Gasteiger partial charge >= 0.3 is 5.97 Å². The van der Waals surface area contributed by atoms with Gasteiger partial charge in [0.1, 0.15) is 16.4 Å². The molecule has 0 aliphatic heterocycles. The van der Waals surface area contributed by atoms with E-state index in [1.54, 1.807) is 13.8 Å². The van der Waals surface area contributed by atoms with E-state index >= 15 is 0 Å². The summed E-state index contributed by atoms with van der Waals surface area (Å²) < 4.78 is 5.18. The Bertz CT molecular complexity index is 697. The Balaban J connectivity index is 1.78. The Morgan fingerprint density at radius 3 is 2.76 bits per heavy atom. The van der Waals surface area contributed by atoms with Gasteiger partial charge in [-0.3, -0.25) is 0 Å². The fraction of sp³-hybridized carbons (Fsp3) is 0.462. The van der Waals surface area contributed by atoms with Crippen molar-refractivity contribution in [2.45, 2.75) is 43.4 Å². The number of nitrogens with zero attached hydrogens (tertiary/aromatic N) is 4. The van der Waals surface area contributed by atoms with Crippen LogP contribution in [0.4, 0.5) is 0 Å². The van der Waals surface area contributed by atoms with Crippen molar-refractivity contribution in [1.82, 2.24) is 20.1 Å². The Morgan fingerprint density at radius 2 is 2.10 bits per heavy atom.